The van der Waals surface area contributed by atoms with Crippen molar-refractivity contribution in [2.75, 3.05) is 33.4 Å². The standard InChI is InChI=1S/C21H24FNO4/c1-25-19-4-2-3-5-20(19)27-15-21(24)23-12-10-16(11-13-23)14-26-18-8-6-17(22)7-9-18/h2-9,16H,10-15H2,1H3. The van der Waals surface area contributed by atoms with E-state index in [4.69, 9.17) is 14.2 Å². The molecule has 0 N–H and O–H groups in total. The molecule has 1 saturated heterocycles. The molecule has 144 valence electrons. The van der Waals surface area contributed by atoms with Crippen LogP contribution in [0.1, 0.15) is 12.8 Å². The minimum absolute atomic E-state index is 0.00286. The van der Waals surface area contributed by atoms with Gasteiger partial charge >= 0.3 is 0 Å². The maximum absolute atomic E-state index is 12.9. The molecule has 0 aliphatic carbocycles. The van der Waals surface area contributed by atoms with Crippen molar-refractivity contribution in [2.24, 2.45) is 5.92 Å². The SMILES string of the molecule is COc1ccccc1OCC(=O)N1CCC(COc2ccc(F)cc2)CC1. The quantitative estimate of drug-likeness (QED) is 0.745. The molecule has 1 fully saturated rings. The average Bonchev–Trinajstić information content (AvgIpc) is 2.72. The summed E-state index contributed by atoms with van der Waals surface area (Å²) in [6, 6.07) is 13.3. The van der Waals surface area contributed by atoms with Gasteiger partial charge in [0, 0.05) is 13.1 Å². The number of carbonyl (C=O) groups is 1. The Balaban J connectivity index is 1.40. The molecule has 1 heterocycles. The summed E-state index contributed by atoms with van der Waals surface area (Å²) in [6.45, 7) is 1.94. The van der Waals surface area contributed by atoms with E-state index < -0.39 is 0 Å². The van der Waals surface area contributed by atoms with Crippen LogP contribution in [-0.2, 0) is 4.79 Å². The van der Waals surface area contributed by atoms with Crippen LogP contribution >= 0.6 is 0 Å². The number of amides is 1. The van der Waals surface area contributed by atoms with Gasteiger partial charge in [0.2, 0.25) is 0 Å². The summed E-state index contributed by atoms with van der Waals surface area (Å²) in [7, 11) is 1.57. The fourth-order valence-electron chi connectivity index (χ4n) is 3.06. The zero-order valence-corrected chi connectivity index (χ0v) is 15.4. The van der Waals surface area contributed by atoms with E-state index in [1.165, 1.54) is 12.1 Å². The molecule has 6 heteroatoms. The number of carbonyl (C=O) groups excluding carboxylic acids is 1. The van der Waals surface area contributed by atoms with E-state index in [2.05, 4.69) is 0 Å². The van der Waals surface area contributed by atoms with E-state index in [0.29, 0.717) is 42.9 Å². The van der Waals surface area contributed by atoms with Crippen LogP contribution in [0.3, 0.4) is 0 Å². The Morgan fingerprint density at radius 1 is 1.04 bits per heavy atom. The summed E-state index contributed by atoms with van der Waals surface area (Å²) in [5, 5.41) is 0. The number of piperidine rings is 1. The van der Waals surface area contributed by atoms with Crippen LogP contribution < -0.4 is 14.2 Å². The molecule has 1 aliphatic heterocycles. The summed E-state index contributed by atoms with van der Waals surface area (Å²) in [5.74, 6) is 1.93. The summed E-state index contributed by atoms with van der Waals surface area (Å²) in [5.41, 5.74) is 0. The lowest BCUT2D eigenvalue weighted by atomic mass is 9.98. The number of rotatable bonds is 7. The van der Waals surface area contributed by atoms with Gasteiger partial charge in [-0.3, -0.25) is 4.79 Å². The van der Waals surface area contributed by atoms with Gasteiger partial charge in [-0.1, -0.05) is 12.1 Å². The van der Waals surface area contributed by atoms with Crippen molar-refractivity contribution in [3.63, 3.8) is 0 Å². The molecular weight excluding hydrogens is 349 g/mol. The van der Waals surface area contributed by atoms with Crippen LogP contribution in [0, 0.1) is 11.7 Å². The van der Waals surface area contributed by atoms with Crippen LogP contribution in [0.5, 0.6) is 17.2 Å². The first kappa shape index (κ1) is 19.0. The number of likely N-dealkylation sites (tertiary alicyclic amines) is 1. The Bertz CT molecular complexity index is 742. The second kappa shape index (κ2) is 9.26. The van der Waals surface area contributed by atoms with Crippen LogP contribution in [0.25, 0.3) is 0 Å². The van der Waals surface area contributed by atoms with Crippen molar-refractivity contribution in [1.29, 1.82) is 0 Å². The minimum atomic E-state index is -0.274. The van der Waals surface area contributed by atoms with Gasteiger partial charge in [0.05, 0.1) is 13.7 Å². The lowest BCUT2D eigenvalue weighted by Crippen LogP contribution is -2.42. The van der Waals surface area contributed by atoms with Gasteiger partial charge in [0.25, 0.3) is 5.91 Å². The highest BCUT2D eigenvalue weighted by Crippen LogP contribution is 2.26. The van der Waals surface area contributed by atoms with Crippen LogP contribution in [0.4, 0.5) is 4.39 Å². The zero-order valence-electron chi connectivity index (χ0n) is 15.4. The fraction of sp³-hybridized carbons (Fsp3) is 0.381. The molecule has 0 radical (unpaired) electrons. The number of benzene rings is 2. The van der Waals surface area contributed by atoms with Gasteiger partial charge in [-0.05, 0) is 55.2 Å². The summed E-state index contributed by atoms with van der Waals surface area (Å²) in [4.78, 5) is 14.2. The first-order valence-corrected chi connectivity index (χ1v) is 9.07. The predicted octanol–water partition coefficient (Wildman–Crippen LogP) is 3.53. The first-order chi connectivity index (χ1) is 13.2. The molecule has 0 atom stereocenters. The van der Waals surface area contributed by atoms with Gasteiger partial charge < -0.3 is 19.1 Å². The zero-order chi connectivity index (χ0) is 19.1. The summed E-state index contributed by atoms with van der Waals surface area (Å²) < 4.78 is 29.5. The van der Waals surface area contributed by atoms with E-state index in [9.17, 15) is 9.18 Å². The van der Waals surface area contributed by atoms with E-state index >= 15 is 0 Å². The molecule has 27 heavy (non-hydrogen) atoms. The number of halogens is 1. The van der Waals surface area contributed by atoms with E-state index in [0.717, 1.165) is 12.8 Å². The number of nitrogens with zero attached hydrogens (tertiary/aromatic N) is 1. The number of para-hydroxylation sites is 2. The Hall–Kier alpha value is -2.76. The molecule has 2 aromatic rings. The third kappa shape index (κ3) is 5.36. The smallest absolute Gasteiger partial charge is 0.260 e. The van der Waals surface area contributed by atoms with Gasteiger partial charge in [-0.25, -0.2) is 4.39 Å². The lowest BCUT2D eigenvalue weighted by molar-refractivity contribution is -0.134. The van der Waals surface area contributed by atoms with Gasteiger partial charge in [0.1, 0.15) is 11.6 Å². The van der Waals surface area contributed by atoms with Crippen molar-refractivity contribution in [3.05, 3.63) is 54.3 Å². The molecule has 2 aromatic carbocycles. The predicted molar refractivity (Wildman–Crippen MR) is 99.7 cm³/mol. The van der Waals surface area contributed by atoms with Crippen LogP contribution in [0.2, 0.25) is 0 Å². The van der Waals surface area contributed by atoms with Gasteiger partial charge in [0.15, 0.2) is 18.1 Å². The maximum atomic E-state index is 12.9. The Labute approximate surface area is 158 Å². The highest BCUT2D eigenvalue weighted by molar-refractivity contribution is 5.78. The minimum Gasteiger partial charge on any atom is -0.493 e. The Kier molecular flexibility index (Phi) is 6.52. The van der Waals surface area contributed by atoms with Crippen molar-refractivity contribution in [1.82, 2.24) is 4.90 Å². The van der Waals surface area contributed by atoms with Crippen molar-refractivity contribution in [2.45, 2.75) is 12.8 Å². The fourth-order valence-corrected chi connectivity index (χ4v) is 3.06. The number of hydrogen-bond acceptors (Lipinski definition) is 4. The molecule has 1 aliphatic rings. The van der Waals surface area contributed by atoms with Crippen molar-refractivity contribution >= 4 is 5.91 Å². The number of methoxy groups -OCH3 is 1. The Morgan fingerprint density at radius 3 is 2.37 bits per heavy atom. The topological polar surface area (TPSA) is 48.0 Å². The third-order valence-corrected chi connectivity index (χ3v) is 4.69. The molecule has 0 bridgehead atoms. The monoisotopic (exact) mass is 373 g/mol. The van der Waals surface area contributed by atoms with Gasteiger partial charge in [-0.15, -0.1) is 0 Å². The van der Waals surface area contributed by atoms with Crippen LogP contribution in [0.15, 0.2) is 48.5 Å². The summed E-state index contributed by atoms with van der Waals surface area (Å²) in [6.07, 6.45) is 1.75. The maximum Gasteiger partial charge on any atom is 0.260 e. The number of hydrogen-bond donors (Lipinski definition) is 0. The van der Waals surface area contributed by atoms with Gasteiger partial charge in [-0.2, -0.15) is 0 Å². The number of ether oxygens (including phenoxy) is 3. The second-order valence-electron chi connectivity index (χ2n) is 6.53. The average molecular weight is 373 g/mol. The van der Waals surface area contributed by atoms with E-state index in [-0.39, 0.29) is 18.3 Å². The third-order valence-electron chi connectivity index (χ3n) is 4.69. The lowest BCUT2D eigenvalue weighted by Gasteiger charge is -2.31. The molecule has 3 rings (SSSR count). The van der Waals surface area contributed by atoms with Crippen molar-refractivity contribution < 1.29 is 23.4 Å². The van der Waals surface area contributed by atoms with E-state index in [1.54, 1.807) is 31.4 Å². The van der Waals surface area contributed by atoms with Crippen molar-refractivity contribution in [3.8, 4) is 17.2 Å². The molecule has 0 spiro atoms. The molecule has 0 saturated carbocycles. The molecule has 1 amide bonds. The molecule has 0 aromatic heterocycles. The molecule has 5 nitrogen and oxygen atoms in total. The second-order valence-corrected chi connectivity index (χ2v) is 6.53. The largest absolute Gasteiger partial charge is 0.493 e. The summed E-state index contributed by atoms with van der Waals surface area (Å²) >= 11 is 0. The molecular formula is C21H24FNO4. The van der Waals surface area contributed by atoms with Crippen LogP contribution in [-0.4, -0.2) is 44.2 Å². The highest BCUT2D eigenvalue weighted by Gasteiger charge is 2.23. The Morgan fingerprint density at radius 2 is 1.70 bits per heavy atom. The van der Waals surface area contributed by atoms with E-state index in [1.807, 2.05) is 17.0 Å². The normalized spacial score (nSPS) is 14.7. The molecule has 0 unspecified atom stereocenters. The first-order valence-electron chi connectivity index (χ1n) is 9.07. The highest BCUT2D eigenvalue weighted by atomic mass is 19.1.